The number of aromatic nitrogens is 3. The van der Waals surface area contributed by atoms with Crippen molar-refractivity contribution in [1.82, 2.24) is 14.8 Å². The van der Waals surface area contributed by atoms with Gasteiger partial charge in [0.2, 0.25) is 0 Å². The first kappa shape index (κ1) is 15.3. The molecule has 0 aliphatic carbocycles. The Bertz CT molecular complexity index is 609. The van der Waals surface area contributed by atoms with Crippen LogP contribution in [-0.4, -0.2) is 40.3 Å². The second-order valence-electron chi connectivity index (χ2n) is 5.08. The molecule has 0 unspecified atom stereocenters. The Kier molecular flexibility index (Phi) is 4.97. The van der Waals surface area contributed by atoms with Gasteiger partial charge < -0.3 is 15.2 Å². The highest BCUT2D eigenvalue weighted by molar-refractivity contribution is 7.99. The Hall–Kier alpha value is -1.57. The number of benzene rings is 1. The minimum absolute atomic E-state index is 0.312. The lowest BCUT2D eigenvalue weighted by molar-refractivity contribution is 0.129. The normalized spacial score (nSPS) is 17.8. The lowest BCUT2D eigenvalue weighted by Crippen LogP contribution is -2.10. The highest BCUT2D eigenvalue weighted by Gasteiger charge is 2.19. The van der Waals surface area contributed by atoms with Gasteiger partial charge >= 0.3 is 0 Å². The van der Waals surface area contributed by atoms with Gasteiger partial charge in [0.15, 0.2) is 11.0 Å². The predicted molar refractivity (Wildman–Crippen MR) is 85.5 cm³/mol. The van der Waals surface area contributed by atoms with Crippen molar-refractivity contribution in [3.8, 4) is 11.4 Å². The molecule has 1 fully saturated rings. The maximum absolute atomic E-state index is 5.79. The summed E-state index contributed by atoms with van der Waals surface area (Å²) in [7, 11) is 1.65. The van der Waals surface area contributed by atoms with Crippen LogP contribution in [0.4, 0.5) is 0 Å². The molecule has 118 valence electrons. The molecule has 0 spiro atoms. The number of hydrogen-bond acceptors (Lipinski definition) is 6. The first-order valence-electron chi connectivity index (χ1n) is 7.35. The van der Waals surface area contributed by atoms with Gasteiger partial charge in [-0.1, -0.05) is 11.8 Å². The van der Waals surface area contributed by atoms with E-state index in [4.69, 9.17) is 15.2 Å². The Morgan fingerprint density at radius 2 is 2.18 bits per heavy atom. The van der Waals surface area contributed by atoms with Crippen molar-refractivity contribution < 1.29 is 9.47 Å². The molecule has 1 atom stereocenters. The number of hydrogen-bond donors (Lipinski definition) is 1. The Morgan fingerprint density at radius 1 is 1.36 bits per heavy atom. The lowest BCUT2D eigenvalue weighted by atomic mass is 10.3. The summed E-state index contributed by atoms with van der Waals surface area (Å²) in [6.45, 7) is 1.21. The molecule has 1 aliphatic rings. The number of nitrogens with two attached hydrogens (primary N) is 1. The fraction of sp³-hybridized carbons (Fsp3) is 0.467. The summed E-state index contributed by atoms with van der Waals surface area (Å²) >= 11 is 1.66. The zero-order valence-corrected chi connectivity index (χ0v) is 13.4. The summed E-state index contributed by atoms with van der Waals surface area (Å²) in [5, 5.41) is 9.32. The van der Waals surface area contributed by atoms with Crippen molar-refractivity contribution in [3.05, 3.63) is 30.1 Å². The molecule has 3 rings (SSSR count). The molecule has 1 saturated heterocycles. The maximum atomic E-state index is 5.79. The van der Waals surface area contributed by atoms with Crippen molar-refractivity contribution >= 4 is 11.8 Å². The molecule has 2 aromatic rings. The standard InChI is InChI=1S/C15H20N4O2S/c1-20-12-6-4-11(5-7-12)19-14(9-16)17-18-15(19)22-10-13-3-2-8-21-13/h4-7,13H,2-3,8-10,16H2,1H3/t13-/m1/s1. The van der Waals surface area contributed by atoms with Crippen LogP contribution in [0.15, 0.2) is 29.4 Å². The topological polar surface area (TPSA) is 75.2 Å². The van der Waals surface area contributed by atoms with Crippen molar-refractivity contribution in [2.24, 2.45) is 5.73 Å². The molecular weight excluding hydrogens is 300 g/mol. The molecule has 0 bridgehead atoms. The van der Waals surface area contributed by atoms with Crippen molar-refractivity contribution in [3.63, 3.8) is 0 Å². The quantitative estimate of drug-likeness (QED) is 0.821. The van der Waals surface area contributed by atoms with Gasteiger partial charge in [-0.2, -0.15) is 0 Å². The SMILES string of the molecule is COc1ccc(-n2c(CN)nnc2SC[C@H]2CCCO2)cc1. The molecule has 2 N–H and O–H groups in total. The average Bonchev–Trinajstić information content (AvgIpc) is 3.22. The van der Waals surface area contributed by atoms with Crippen LogP contribution >= 0.6 is 11.8 Å². The van der Waals surface area contributed by atoms with Crippen molar-refractivity contribution in [2.45, 2.75) is 30.6 Å². The van der Waals surface area contributed by atoms with Crippen LogP contribution in [0.1, 0.15) is 18.7 Å². The van der Waals surface area contributed by atoms with Crippen LogP contribution in [0.2, 0.25) is 0 Å². The highest BCUT2D eigenvalue weighted by Crippen LogP contribution is 2.26. The van der Waals surface area contributed by atoms with E-state index < -0.39 is 0 Å². The molecule has 7 heteroatoms. The summed E-state index contributed by atoms with van der Waals surface area (Å²) in [5.41, 5.74) is 6.78. The molecule has 2 heterocycles. The van der Waals surface area contributed by atoms with Gasteiger partial charge in [0.05, 0.1) is 19.8 Å². The van der Waals surface area contributed by atoms with Gasteiger partial charge in [-0.15, -0.1) is 10.2 Å². The number of methoxy groups -OCH3 is 1. The van der Waals surface area contributed by atoms with Crippen LogP contribution in [-0.2, 0) is 11.3 Å². The smallest absolute Gasteiger partial charge is 0.195 e. The molecule has 0 amide bonds. The minimum atomic E-state index is 0.312. The second kappa shape index (κ2) is 7.13. The van der Waals surface area contributed by atoms with Crippen molar-refractivity contribution in [1.29, 1.82) is 0 Å². The zero-order chi connectivity index (χ0) is 15.4. The van der Waals surface area contributed by atoms with E-state index in [-0.39, 0.29) is 0 Å². The fourth-order valence-corrected chi connectivity index (χ4v) is 3.50. The summed E-state index contributed by atoms with van der Waals surface area (Å²) < 4.78 is 12.9. The van der Waals surface area contributed by atoms with E-state index in [1.165, 1.54) is 0 Å². The molecule has 1 aromatic heterocycles. The van der Waals surface area contributed by atoms with Gasteiger partial charge in [0.25, 0.3) is 0 Å². The Balaban J connectivity index is 1.82. The first-order valence-corrected chi connectivity index (χ1v) is 8.33. The Labute approximate surface area is 134 Å². The molecule has 1 aliphatic heterocycles. The van der Waals surface area contributed by atoms with Crippen molar-refractivity contribution in [2.75, 3.05) is 19.5 Å². The summed E-state index contributed by atoms with van der Waals surface area (Å²) in [5.74, 6) is 2.46. The van der Waals surface area contributed by atoms with Gasteiger partial charge in [0.1, 0.15) is 5.75 Å². The highest BCUT2D eigenvalue weighted by atomic mass is 32.2. The van der Waals surface area contributed by atoms with Gasteiger partial charge in [0, 0.05) is 18.0 Å². The lowest BCUT2D eigenvalue weighted by Gasteiger charge is -2.12. The van der Waals surface area contributed by atoms with E-state index in [1.807, 2.05) is 28.8 Å². The monoisotopic (exact) mass is 320 g/mol. The number of nitrogens with zero attached hydrogens (tertiary/aromatic N) is 3. The van der Waals surface area contributed by atoms with E-state index in [2.05, 4.69) is 10.2 Å². The van der Waals surface area contributed by atoms with Crippen LogP contribution in [0.3, 0.4) is 0 Å². The van der Waals surface area contributed by atoms with E-state index in [1.54, 1.807) is 18.9 Å². The third-order valence-electron chi connectivity index (χ3n) is 3.64. The van der Waals surface area contributed by atoms with E-state index >= 15 is 0 Å². The number of rotatable bonds is 6. The predicted octanol–water partition coefficient (Wildman–Crippen LogP) is 2.01. The second-order valence-corrected chi connectivity index (χ2v) is 6.07. The molecule has 1 aromatic carbocycles. The summed E-state index contributed by atoms with van der Waals surface area (Å²) in [4.78, 5) is 0. The largest absolute Gasteiger partial charge is 0.497 e. The van der Waals surface area contributed by atoms with E-state index in [0.29, 0.717) is 12.6 Å². The Morgan fingerprint density at radius 3 is 2.82 bits per heavy atom. The van der Waals surface area contributed by atoms with Gasteiger partial charge in [-0.25, -0.2) is 0 Å². The van der Waals surface area contributed by atoms with E-state index in [9.17, 15) is 0 Å². The average molecular weight is 320 g/mol. The zero-order valence-electron chi connectivity index (χ0n) is 12.6. The molecule has 22 heavy (non-hydrogen) atoms. The third kappa shape index (κ3) is 3.26. The first-order chi connectivity index (χ1) is 10.8. The number of thioether (sulfide) groups is 1. The van der Waals surface area contributed by atoms with E-state index in [0.717, 1.165) is 47.6 Å². The maximum Gasteiger partial charge on any atom is 0.195 e. The van der Waals surface area contributed by atoms with Crippen LogP contribution in [0, 0.1) is 0 Å². The fourth-order valence-electron chi connectivity index (χ4n) is 2.46. The minimum Gasteiger partial charge on any atom is -0.497 e. The van der Waals surface area contributed by atoms with Crippen LogP contribution in [0.5, 0.6) is 5.75 Å². The number of ether oxygens (including phenoxy) is 2. The third-order valence-corrected chi connectivity index (χ3v) is 4.70. The molecule has 0 saturated carbocycles. The van der Waals surface area contributed by atoms with Gasteiger partial charge in [-0.3, -0.25) is 4.57 Å². The van der Waals surface area contributed by atoms with Gasteiger partial charge in [-0.05, 0) is 37.1 Å². The molecule has 6 nitrogen and oxygen atoms in total. The summed E-state index contributed by atoms with van der Waals surface area (Å²) in [6, 6.07) is 7.81. The summed E-state index contributed by atoms with van der Waals surface area (Å²) in [6.07, 6.45) is 2.57. The van der Waals surface area contributed by atoms with Crippen LogP contribution < -0.4 is 10.5 Å². The van der Waals surface area contributed by atoms with Crippen LogP contribution in [0.25, 0.3) is 5.69 Å². The molecular formula is C15H20N4O2S. The molecule has 0 radical (unpaired) electrons.